The van der Waals surface area contributed by atoms with Crippen molar-refractivity contribution in [2.24, 2.45) is 4.99 Å². The third kappa shape index (κ3) is 8.30. The van der Waals surface area contributed by atoms with Crippen molar-refractivity contribution < 1.29 is 9.53 Å². The van der Waals surface area contributed by atoms with Crippen LogP contribution in [0.2, 0.25) is 0 Å². The SMILES string of the molecule is CCNC(=NCCCOC1CCCCC1)NCCC(=O)N1CCN(c2ccccn2)CC1. The lowest BCUT2D eigenvalue weighted by Gasteiger charge is -2.35. The molecule has 0 bridgehead atoms. The van der Waals surface area contributed by atoms with Crippen LogP contribution >= 0.6 is 0 Å². The number of nitrogens with zero attached hydrogens (tertiary/aromatic N) is 4. The van der Waals surface area contributed by atoms with Crippen LogP contribution in [-0.4, -0.2) is 80.3 Å². The van der Waals surface area contributed by atoms with E-state index in [-0.39, 0.29) is 5.91 Å². The molecule has 1 aromatic heterocycles. The minimum absolute atomic E-state index is 0.190. The van der Waals surface area contributed by atoms with Gasteiger partial charge in [0.15, 0.2) is 5.96 Å². The van der Waals surface area contributed by atoms with Crippen LogP contribution < -0.4 is 15.5 Å². The highest BCUT2D eigenvalue weighted by atomic mass is 16.5. The largest absolute Gasteiger partial charge is 0.378 e. The summed E-state index contributed by atoms with van der Waals surface area (Å²) in [5.74, 6) is 1.95. The van der Waals surface area contributed by atoms with Gasteiger partial charge < -0.3 is 25.2 Å². The van der Waals surface area contributed by atoms with Crippen molar-refractivity contribution in [1.29, 1.82) is 0 Å². The number of ether oxygens (including phenoxy) is 1. The van der Waals surface area contributed by atoms with Gasteiger partial charge in [-0.25, -0.2) is 4.98 Å². The topological polar surface area (TPSA) is 82.1 Å². The van der Waals surface area contributed by atoms with Gasteiger partial charge in [0.1, 0.15) is 5.82 Å². The maximum Gasteiger partial charge on any atom is 0.224 e. The lowest BCUT2D eigenvalue weighted by Crippen LogP contribution is -2.49. The minimum Gasteiger partial charge on any atom is -0.378 e. The van der Waals surface area contributed by atoms with E-state index in [1.807, 2.05) is 29.3 Å². The Bertz CT molecular complexity index is 685. The fourth-order valence-electron chi connectivity index (χ4n) is 4.25. The third-order valence-corrected chi connectivity index (χ3v) is 6.06. The van der Waals surface area contributed by atoms with Crippen molar-refractivity contribution >= 4 is 17.7 Å². The van der Waals surface area contributed by atoms with Gasteiger partial charge in [-0.05, 0) is 38.3 Å². The molecule has 2 aliphatic rings. The molecule has 1 aromatic rings. The second-order valence-electron chi connectivity index (χ2n) is 8.48. The van der Waals surface area contributed by atoms with Crippen molar-refractivity contribution in [3.05, 3.63) is 24.4 Å². The smallest absolute Gasteiger partial charge is 0.224 e. The van der Waals surface area contributed by atoms with E-state index in [0.717, 1.165) is 64.1 Å². The maximum absolute atomic E-state index is 12.6. The molecule has 0 spiro atoms. The number of anilines is 1. The van der Waals surface area contributed by atoms with Gasteiger partial charge in [-0.15, -0.1) is 0 Å². The first-order valence-electron chi connectivity index (χ1n) is 12.3. The van der Waals surface area contributed by atoms with Crippen molar-refractivity contribution in [3.8, 4) is 0 Å². The average molecular weight is 445 g/mol. The lowest BCUT2D eigenvalue weighted by molar-refractivity contribution is -0.131. The molecule has 0 atom stereocenters. The molecule has 2 N–H and O–H groups in total. The van der Waals surface area contributed by atoms with Crippen molar-refractivity contribution in [3.63, 3.8) is 0 Å². The summed E-state index contributed by atoms with van der Waals surface area (Å²) >= 11 is 0. The van der Waals surface area contributed by atoms with Crippen molar-refractivity contribution in [1.82, 2.24) is 20.5 Å². The van der Waals surface area contributed by atoms with Crippen molar-refractivity contribution in [2.45, 2.75) is 58.0 Å². The van der Waals surface area contributed by atoms with Crippen LogP contribution in [0.4, 0.5) is 5.82 Å². The fourth-order valence-corrected chi connectivity index (χ4v) is 4.25. The number of nitrogens with one attached hydrogen (secondary N) is 2. The molecule has 32 heavy (non-hydrogen) atoms. The zero-order valence-corrected chi connectivity index (χ0v) is 19.6. The number of rotatable bonds is 10. The van der Waals surface area contributed by atoms with Crippen LogP contribution in [0, 0.1) is 0 Å². The molecule has 3 rings (SSSR count). The zero-order chi connectivity index (χ0) is 22.4. The van der Waals surface area contributed by atoms with Crippen LogP contribution in [0.5, 0.6) is 0 Å². The second-order valence-corrected chi connectivity index (χ2v) is 8.48. The number of hydrogen-bond acceptors (Lipinski definition) is 5. The number of aromatic nitrogens is 1. The molecule has 2 fully saturated rings. The van der Waals surface area contributed by atoms with Gasteiger partial charge in [0.25, 0.3) is 0 Å². The highest BCUT2D eigenvalue weighted by Crippen LogP contribution is 2.20. The van der Waals surface area contributed by atoms with Gasteiger partial charge in [0.2, 0.25) is 5.91 Å². The van der Waals surface area contributed by atoms with Gasteiger partial charge in [0.05, 0.1) is 6.10 Å². The molecule has 0 radical (unpaired) electrons. The standard InChI is InChI=1S/C24H40N6O2/c1-2-25-24(27-14-8-20-32-21-9-4-3-5-10-21)28-15-12-23(31)30-18-16-29(17-19-30)22-11-6-7-13-26-22/h6-7,11,13,21H,2-5,8-10,12,14-20H2,1H3,(H2,25,27,28). The summed E-state index contributed by atoms with van der Waals surface area (Å²) in [7, 11) is 0. The molecule has 178 valence electrons. The quantitative estimate of drug-likeness (QED) is 0.328. The summed E-state index contributed by atoms with van der Waals surface area (Å²) in [4.78, 5) is 25.8. The summed E-state index contributed by atoms with van der Waals surface area (Å²) in [6.07, 6.45) is 10.0. The first-order valence-corrected chi connectivity index (χ1v) is 12.3. The van der Waals surface area contributed by atoms with Crippen LogP contribution in [0.15, 0.2) is 29.4 Å². The molecule has 1 amide bonds. The van der Waals surface area contributed by atoms with E-state index in [2.05, 4.69) is 32.4 Å². The Morgan fingerprint density at radius 2 is 1.97 bits per heavy atom. The highest BCUT2D eigenvalue weighted by Gasteiger charge is 2.21. The Hall–Kier alpha value is -2.35. The predicted molar refractivity (Wildman–Crippen MR) is 129 cm³/mol. The highest BCUT2D eigenvalue weighted by molar-refractivity contribution is 5.81. The Morgan fingerprint density at radius 1 is 1.16 bits per heavy atom. The lowest BCUT2D eigenvalue weighted by atomic mass is 9.98. The van der Waals surface area contributed by atoms with E-state index < -0.39 is 0 Å². The summed E-state index contributed by atoms with van der Waals surface area (Å²) in [5.41, 5.74) is 0. The molecule has 0 aromatic carbocycles. The van der Waals surface area contributed by atoms with E-state index in [0.29, 0.717) is 19.1 Å². The maximum atomic E-state index is 12.6. The molecule has 1 aliphatic carbocycles. The van der Waals surface area contributed by atoms with Crippen LogP contribution in [0.3, 0.4) is 0 Å². The van der Waals surface area contributed by atoms with Crippen molar-refractivity contribution in [2.75, 3.05) is 57.3 Å². The number of carbonyl (C=O) groups is 1. The second kappa shape index (κ2) is 13.9. The molecule has 1 saturated heterocycles. The number of aliphatic imine (C=N–C) groups is 1. The van der Waals surface area contributed by atoms with Gasteiger partial charge in [-0.3, -0.25) is 9.79 Å². The molecule has 1 aliphatic heterocycles. The fraction of sp³-hybridized carbons (Fsp3) is 0.708. The summed E-state index contributed by atoms with van der Waals surface area (Å²) in [5, 5.41) is 6.56. The van der Waals surface area contributed by atoms with E-state index in [4.69, 9.17) is 4.74 Å². The van der Waals surface area contributed by atoms with Crippen LogP contribution in [0.1, 0.15) is 51.9 Å². The third-order valence-electron chi connectivity index (χ3n) is 6.06. The van der Waals surface area contributed by atoms with Gasteiger partial charge in [-0.1, -0.05) is 25.3 Å². The zero-order valence-electron chi connectivity index (χ0n) is 19.6. The van der Waals surface area contributed by atoms with E-state index >= 15 is 0 Å². The molecular formula is C24H40N6O2. The van der Waals surface area contributed by atoms with Gasteiger partial charge in [-0.2, -0.15) is 0 Å². The number of guanidine groups is 1. The number of pyridine rings is 1. The number of hydrogen-bond donors (Lipinski definition) is 2. The average Bonchev–Trinajstić information content (AvgIpc) is 2.85. The molecule has 2 heterocycles. The monoisotopic (exact) mass is 444 g/mol. The predicted octanol–water partition coefficient (Wildman–Crippen LogP) is 2.41. The first-order chi connectivity index (χ1) is 15.8. The van der Waals surface area contributed by atoms with E-state index in [1.165, 1.54) is 32.1 Å². The molecule has 8 heteroatoms. The Morgan fingerprint density at radius 3 is 2.69 bits per heavy atom. The number of carbonyl (C=O) groups excluding carboxylic acids is 1. The summed E-state index contributed by atoms with van der Waals surface area (Å²) in [6, 6.07) is 5.94. The first kappa shape index (κ1) is 24.3. The Balaban J connectivity index is 1.30. The normalized spacial score (nSPS) is 18.0. The summed E-state index contributed by atoms with van der Waals surface area (Å²) in [6.45, 7) is 8.07. The Labute approximate surface area is 192 Å². The van der Waals surface area contributed by atoms with Crippen LogP contribution in [-0.2, 0) is 9.53 Å². The Kier molecular flexibility index (Phi) is 10.6. The molecular weight excluding hydrogens is 404 g/mol. The van der Waals surface area contributed by atoms with Gasteiger partial charge >= 0.3 is 0 Å². The molecule has 0 unspecified atom stereocenters. The van der Waals surface area contributed by atoms with Gasteiger partial charge in [0, 0.05) is 65.0 Å². The molecule has 1 saturated carbocycles. The van der Waals surface area contributed by atoms with E-state index in [1.54, 1.807) is 0 Å². The van der Waals surface area contributed by atoms with E-state index in [9.17, 15) is 4.79 Å². The minimum atomic E-state index is 0.190. The number of piperazine rings is 1. The van der Waals surface area contributed by atoms with Crippen LogP contribution in [0.25, 0.3) is 0 Å². The summed E-state index contributed by atoms with van der Waals surface area (Å²) < 4.78 is 5.97. The molecule has 8 nitrogen and oxygen atoms in total. The number of amides is 1.